The van der Waals surface area contributed by atoms with Crippen LogP contribution in [0.2, 0.25) is 0 Å². The second kappa shape index (κ2) is 7.41. The average molecular weight is 239 g/mol. The van der Waals surface area contributed by atoms with E-state index in [-0.39, 0.29) is 0 Å². The van der Waals surface area contributed by atoms with Crippen LogP contribution in [0.4, 0.5) is 0 Å². The topological polar surface area (TPSA) is 12.0 Å². The van der Waals surface area contributed by atoms with Crippen molar-refractivity contribution in [2.24, 2.45) is 11.3 Å². The molecule has 17 heavy (non-hydrogen) atoms. The quantitative estimate of drug-likeness (QED) is 0.539. The first-order valence-electron chi connectivity index (χ1n) is 7.72. The van der Waals surface area contributed by atoms with Crippen LogP contribution in [0.3, 0.4) is 0 Å². The molecule has 0 heterocycles. The summed E-state index contributed by atoms with van der Waals surface area (Å²) in [5.41, 5.74) is 0.493. The lowest BCUT2D eigenvalue weighted by atomic mass is 9.90. The van der Waals surface area contributed by atoms with Gasteiger partial charge in [0.05, 0.1) is 0 Å². The van der Waals surface area contributed by atoms with E-state index in [9.17, 15) is 0 Å². The van der Waals surface area contributed by atoms with Crippen molar-refractivity contribution in [2.45, 2.75) is 85.1 Å². The van der Waals surface area contributed by atoms with E-state index in [2.05, 4.69) is 33.0 Å². The molecular weight excluding hydrogens is 206 g/mol. The molecule has 0 amide bonds. The lowest BCUT2D eigenvalue weighted by Crippen LogP contribution is -2.34. The first-order valence-corrected chi connectivity index (χ1v) is 7.72. The number of hydrogen-bond donors (Lipinski definition) is 1. The van der Waals surface area contributed by atoms with Crippen molar-refractivity contribution in [3.63, 3.8) is 0 Å². The smallest absolute Gasteiger partial charge is 0.00669 e. The van der Waals surface area contributed by atoms with E-state index < -0.39 is 0 Å². The molecule has 0 aromatic rings. The Morgan fingerprint density at radius 1 is 1.06 bits per heavy atom. The van der Waals surface area contributed by atoms with Crippen molar-refractivity contribution >= 4 is 0 Å². The summed E-state index contributed by atoms with van der Waals surface area (Å²) in [4.78, 5) is 0. The first-order chi connectivity index (χ1) is 7.99. The maximum atomic E-state index is 3.75. The monoisotopic (exact) mass is 239 g/mol. The van der Waals surface area contributed by atoms with Gasteiger partial charge >= 0.3 is 0 Å². The summed E-state index contributed by atoms with van der Waals surface area (Å²) >= 11 is 0. The van der Waals surface area contributed by atoms with Crippen LogP contribution in [-0.2, 0) is 0 Å². The molecule has 0 saturated heterocycles. The van der Waals surface area contributed by atoms with Crippen molar-refractivity contribution in [1.29, 1.82) is 0 Å². The van der Waals surface area contributed by atoms with Crippen molar-refractivity contribution < 1.29 is 0 Å². The summed E-state index contributed by atoms with van der Waals surface area (Å²) in [6.07, 6.45) is 11.4. The molecule has 0 bridgehead atoms. The van der Waals surface area contributed by atoms with E-state index in [1.807, 2.05) is 0 Å². The van der Waals surface area contributed by atoms with Crippen LogP contribution in [-0.4, -0.2) is 12.6 Å². The maximum absolute atomic E-state index is 3.75. The van der Waals surface area contributed by atoms with Crippen molar-refractivity contribution in [3.8, 4) is 0 Å². The van der Waals surface area contributed by atoms with Gasteiger partial charge in [-0.2, -0.15) is 0 Å². The molecule has 0 aromatic carbocycles. The molecule has 0 unspecified atom stereocenters. The minimum absolute atomic E-state index is 0.493. The Balaban J connectivity index is 2.13. The van der Waals surface area contributed by atoms with E-state index in [0.717, 1.165) is 12.0 Å². The molecule has 1 aliphatic rings. The SMILES string of the molecule is C[C@@H](NCCCC(C)(C)C)C1CCCCCC1. The Labute approximate surface area is 109 Å². The van der Waals surface area contributed by atoms with Gasteiger partial charge in [-0.15, -0.1) is 0 Å². The predicted molar refractivity (Wildman–Crippen MR) is 77.3 cm³/mol. The van der Waals surface area contributed by atoms with Crippen LogP contribution < -0.4 is 5.32 Å². The number of hydrogen-bond acceptors (Lipinski definition) is 1. The van der Waals surface area contributed by atoms with Crippen LogP contribution in [0.5, 0.6) is 0 Å². The summed E-state index contributed by atoms with van der Waals surface area (Å²) in [5.74, 6) is 0.937. The van der Waals surface area contributed by atoms with Crippen LogP contribution >= 0.6 is 0 Å². The Bertz CT molecular complexity index is 184. The van der Waals surface area contributed by atoms with Gasteiger partial charge in [0.1, 0.15) is 0 Å². The molecule has 1 N–H and O–H groups in total. The molecule has 0 radical (unpaired) electrons. The lowest BCUT2D eigenvalue weighted by Gasteiger charge is -2.25. The van der Waals surface area contributed by atoms with E-state index in [1.54, 1.807) is 0 Å². The molecule has 102 valence electrons. The third-order valence-corrected chi connectivity index (χ3v) is 4.18. The second-order valence-corrected chi connectivity index (χ2v) is 7.16. The van der Waals surface area contributed by atoms with Gasteiger partial charge in [-0.05, 0) is 50.5 Å². The zero-order valence-electron chi connectivity index (χ0n) is 12.5. The molecular formula is C16H33N. The average Bonchev–Trinajstić information content (AvgIpc) is 2.51. The highest BCUT2D eigenvalue weighted by Crippen LogP contribution is 2.25. The van der Waals surface area contributed by atoms with Crippen molar-refractivity contribution in [2.75, 3.05) is 6.54 Å². The molecule has 1 aliphatic carbocycles. The Morgan fingerprint density at radius 2 is 1.65 bits per heavy atom. The minimum Gasteiger partial charge on any atom is -0.314 e. The molecule has 1 atom stereocenters. The number of rotatable bonds is 5. The predicted octanol–water partition coefficient (Wildman–Crippen LogP) is 4.76. The molecule has 1 nitrogen and oxygen atoms in total. The van der Waals surface area contributed by atoms with Gasteiger partial charge in [-0.3, -0.25) is 0 Å². The highest BCUT2D eigenvalue weighted by Gasteiger charge is 2.18. The third-order valence-electron chi connectivity index (χ3n) is 4.18. The zero-order chi connectivity index (χ0) is 12.7. The fourth-order valence-electron chi connectivity index (χ4n) is 2.93. The molecule has 1 rings (SSSR count). The summed E-state index contributed by atoms with van der Waals surface area (Å²) in [6, 6.07) is 0.730. The zero-order valence-corrected chi connectivity index (χ0v) is 12.5. The summed E-state index contributed by atoms with van der Waals surface area (Å²) < 4.78 is 0. The lowest BCUT2D eigenvalue weighted by molar-refractivity contribution is 0.317. The molecule has 0 aromatic heterocycles. The minimum atomic E-state index is 0.493. The van der Waals surface area contributed by atoms with Crippen LogP contribution in [0, 0.1) is 11.3 Å². The second-order valence-electron chi connectivity index (χ2n) is 7.16. The fraction of sp³-hybridized carbons (Fsp3) is 1.00. The van der Waals surface area contributed by atoms with Gasteiger partial charge in [0.25, 0.3) is 0 Å². The largest absolute Gasteiger partial charge is 0.314 e. The number of nitrogens with one attached hydrogen (secondary N) is 1. The van der Waals surface area contributed by atoms with Gasteiger partial charge in [0.15, 0.2) is 0 Å². The third kappa shape index (κ3) is 7.08. The van der Waals surface area contributed by atoms with Gasteiger partial charge in [-0.25, -0.2) is 0 Å². The normalized spacial score (nSPS) is 21.2. The van der Waals surface area contributed by atoms with Gasteiger partial charge < -0.3 is 5.32 Å². The van der Waals surface area contributed by atoms with E-state index >= 15 is 0 Å². The van der Waals surface area contributed by atoms with Crippen LogP contribution in [0.1, 0.15) is 79.1 Å². The van der Waals surface area contributed by atoms with Crippen molar-refractivity contribution in [3.05, 3.63) is 0 Å². The van der Waals surface area contributed by atoms with E-state index in [0.29, 0.717) is 5.41 Å². The van der Waals surface area contributed by atoms with Crippen molar-refractivity contribution in [1.82, 2.24) is 5.32 Å². The van der Waals surface area contributed by atoms with Crippen LogP contribution in [0.15, 0.2) is 0 Å². The highest BCUT2D eigenvalue weighted by atomic mass is 14.9. The molecule has 1 saturated carbocycles. The summed E-state index contributed by atoms with van der Waals surface area (Å²) in [5, 5.41) is 3.75. The first kappa shape index (κ1) is 15.0. The molecule has 0 aliphatic heterocycles. The van der Waals surface area contributed by atoms with Gasteiger partial charge in [-0.1, -0.05) is 46.5 Å². The fourth-order valence-corrected chi connectivity index (χ4v) is 2.93. The van der Waals surface area contributed by atoms with E-state index in [4.69, 9.17) is 0 Å². The van der Waals surface area contributed by atoms with E-state index in [1.165, 1.54) is 57.9 Å². The standard InChI is InChI=1S/C16H33N/c1-14(15-10-7-5-6-8-11-15)17-13-9-12-16(2,3)4/h14-15,17H,5-13H2,1-4H3/t14-/m1/s1. The molecule has 1 fully saturated rings. The Morgan fingerprint density at radius 3 is 2.18 bits per heavy atom. The Hall–Kier alpha value is -0.0400. The summed E-state index contributed by atoms with van der Waals surface area (Å²) in [7, 11) is 0. The van der Waals surface area contributed by atoms with Crippen LogP contribution in [0.25, 0.3) is 0 Å². The maximum Gasteiger partial charge on any atom is 0.00669 e. The molecule has 1 heteroatoms. The molecule has 0 spiro atoms. The Kier molecular flexibility index (Phi) is 6.54. The summed E-state index contributed by atoms with van der Waals surface area (Å²) in [6.45, 7) is 10.6. The highest BCUT2D eigenvalue weighted by molar-refractivity contribution is 4.75. The van der Waals surface area contributed by atoms with Gasteiger partial charge in [0.2, 0.25) is 0 Å². The van der Waals surface area contributed by atoms with Gasteiger partial charge in [0, 0.05) is 6.04 Å².